The molecule has 0 bridgehead atoms. The second-order valence-electron chi connectivity index (χ2n) is 5.95. The average Bonchev–Trinajstić information content (AvgIpc) is 2.59. The number of nitrogens with one attached hydrogen (secondary N) is 2. The smallest absolute Gasteiger partial charge is 0.267 e. The van der Waals surface area contributed by atoms with Crippen molar-refractivity contribution >= 4 is 22.6 Å². The first-order valence-electron chi connectivity index (χ1n) is 7.96. The summed E-state index contributed by atoms with van der Waals surface area (Å²) in [5.41, 5.74) is 0.788. The molecule has 0 atom stereocenters. The zero-order valence-corrected chi connectivity index (χ0v) is 14.1. The third-order valence-corrected chi connectivity index (χ3v) is 3.93. The zero-order valence-electron chi connectivity index (χ0n) is 14.1. The van der Waals surface area contributed by atoms with Gasteiger partial charge in [0.2, 0.25) is 0 Å². The van der Waals surface area contributed by atoms with Crippen molar-refractivity contribution < 1.29 is 4.79 Å². The van der Waals surface area contributed by atoms with E-state index in [9.17, 15) is 9.59 Å². The fourth-order valence-electron chi connectivity index (χ4n) is 2.79. The summed E-state index contributed by atoms with van der Waals surface area (Å²) < 4.78 is 3.04. The molecule has 128 valence electrons. The molecular formula is C18H19N5O2. The molecule has 0 unspecified atom stereocenters. The van der Waals surface area contributed by atoms with E-state index in [1.165, 1.54) is 10.5 Å². The van der Waals surface area contributed by atoms with Crippen LogP contribution in [0.3, 0.4) is 0 Å². The maximum atomic E-state index is 12.9. The van der Waals surface area contributed by atoms with E-state index in [4.69, 9.17) is 5.41 Å². The number of aromatic nitrogens is 3. The number of amides is 1. The molecule has 0 aliphatic rings. The maximum absolute atomic E-state index is 12.9. The standard InChI is InChI=1S/C18H19N5O2/c1-4-8-20-17(24)12-10-13-16(23(11(2)3)15(12)19)21-14-7-5-6-9-22(14)18(13)25/h4-7,9-11,19H,1,8H2,2-3H3,(H,20,24). The molecule has 0 spiro atoms. The van der Waals surface area contributed by atoms with Crippen LogP contribution < -0.4 is 16.4 Å². The van der Waals surface area contributed by atoms with Crippen LogP contribution in [0.15, 0.2) is 47.9 Å². The second-order valence-corrected chi connectivity index (χ2v) is 5.95. The fraction of sp³-hybridized carbons (Fsp3) is 0.222. The highest BCUT2D eigenvalue weighted by molar-refractivity contribution is 5.96. The van der Waals surface area contributed by atoms with Crippen LogP contribution in [0, 0.1) is 5.41 Å². The Balaban J connectivity index is 2.43. The Kier molecular flexibility index (Phi) is 4.22. The summed E-state index contributed by atoms with van der Waals surface area (Å²) in [7, 11) is 0. The first kappa shape index (κ1) is 16.6. The molecule has 2 N–H and O–H groups in total. The zero-order chi connectivity index (χ0) is 18.1. The maximum Gasteiger partial charge on any atom is 0.267 e. The highest BCUT2D eigenvalue weighted by Crippen LogP contribution is 2.14. The minimum atomic E-state index is -0.418. The Bertz CT molecular complexity index is 1110. The third kappa shape index (κ3) is 2.73. The van der Waals surface area contributed by atoms with Gasteiger partial charge in [-0.2, -0.15) is 0 Å². The van der Waals surface area contributed by atoms with Crippen molar-refractivity contribution in [1.29, 1.82) is 5.41 Å². The van der Waals surface area contributed by atoms with Crippen LogP contribution in [0.1, 0.15) is 30.2 Å². The molecule has 0 saturated carbocycles. The van der Waals surface area contributed by atoms with Crippen molar-refractivity contribution in [3.63, 3.8) is 0 Å². The monoisotopic (exact) mass is 337 g/mol. The Hall–Kier alpha value is -3.22. The number of rotatable bonds is 4. The molecule has 7 heteroatoms. The average molecular weight is 337 g/mol. The number of hydrogen-bond donors (Lipinski definition) is 2. The van der Waals surface area contributed by atoms with Crippen LogP contribution in [-0.2, 0) is 0 Å². The summed E-state index contributed by atoms with van der Waals surface area (Å²) >= 11 is 0. The van der Waals surface area contributed by atoms with Gasteiger partial charge in [0.05, 0.1) is 10.9 Å². The number of carbonyl (C=O) groups is 1. The SMILES string of the molecule is C=CCNC(=O)c1cc2c(=O)n3ccccc3nc2n(C(C)C)c1=N. The lowest BCUT2D eigenvalue weighted by atomic mass is 10.1. The van der Waals surface area contributed by atoms with Crippen molar-refractivity contribution in [1.82, 2.24) is 19.3 Å². The van der Waals surface area contributed by atoms with Gasteiger partial charge >= 0.3 is 0 Å². The van der Waals surface area contributed by atoms with Gasteiger partial charge in [-0.05, 0) is 32.0 Å². The lowest BCUT2D eigenvalue weighted by Gasteiger charge is -2.17. The topological polar surface area (TPSA) is 92.2 Å². The highest BCUT2D eigenvalue weighted by atomic mass is 16.1. The van der Waals surface area contributed by atoms with E-state index in [1.54, 1.807) is 35.0 Å². The molecule has 1 amide bonds. The van der Waals surface area contributed by atoms with E-state index in [-0.39, 0.29) is 29.2 Å². The van der Waals surface area contributed by atoms with Gasteiger partial charge in [-0.25, -0.2) is 4.98 Å². The van der Waals surface area contributed by atoms with E-state index in [0.29, 0.717) is 16.7 Å². The predicted octanol–water partition coefficient (Wildman–Crippen LogP) is 1.63. The minimum absolute atomic E-state index is 0.0243. The largest absolute Gasteiger partial charge is 0.348 e. The summed E-state index contributed by atoms with van der Waals surface area (Å²) in [6.07, 6.45) is 3.19. The lowest BCUT2D eigenvalue weighted by Crippen LogP contribution is -2.35. The molecule has 3 aromatic heterocycles. The second kappa shape index (κ2) is 6.35. The normalized spacial score (nSPS) is 11.2. The van der Waals surface area contributed by atoms with Crippen LogP contribution in [0.4, 0.5) is 0 Å². The van der Waals surface area contributed by atoms with Gasteiger partial charge < -0.3 is 9.88 Å². The number of fused-ring (bicyclic) bond motifs is 2. The van der Waals surface area contributed by atoms with Gasteiger partial charge in [-0.3, -0.25) is 19.4 Å². The number of pyridine rings is 2. The Morgan fingerprint density at radius 2 is 2.20 bits per heavy atom. The quantitative estimate of drug-likeness (QED) is 0.560. The van der Waals surface area contributed by atoms with Gasteiger partial charge in [0.15, 0.2) is 0 Å². The van der Waals surface area contributed by atoms with Gasteiger partial charge in [0, 0.05) is 18.8 Å². The molecule has 0 aromatic carbocycles. The van der Waals surface area contributed by atoms with Crippen molar-refractivity contribution in [2.75, 3.05) is 6.54 Å². The van der Waals surface area contributed by atoms with Crippen molar-refractivity contribution in [2.24, 2.45) is 0 Å². The lowest BCUT2D eigenvalue weighted by molar-refractivity contribution is 0.0955. The molecule has 3 rings (SSSR count). The molecule has 3 aromatic rings. The highest BCUT2D eigenvalue weighted by Gasteiger charge is 2.18. The summed E-state index contributed by atoms with van der Waals surface area (Å²) in [4.78, 5) is 29.8. The summed E-state index contributed by atoms with van der Waals surface area (Å²) in [5.74, 6) is -0.418. The molecule has 0 aliphatic carbocycles. The van der Waals surface area contributed by atoms with Crippen LogP contribution in [-0.4, -0.2) is 26.4 Å². The summed E-state index contributed by atoms with van der Waals surface area (Å²) in [6, 6.07) is 6.59. The Labute approximate surface area is 143 Å². The van der Waals surface area contributed by atoms with E-state index in [2.05, 4.69) is 16.9 Å². The number of nitrogens with zero attached hydrogens (tertiary/aromatic N) is 3. The van der Waals surface area contributed by atoms with E-state index < -0.39 is 5.91 Å². The Morgan fingerprint density at radius 3 is 2.88 bits per heavy atom. The number of carbonyl (C=O) groups excluding carboxylic acids is 1. The minimum Gasteiger partial charge on any atom is -0.348 e. The molecule has 7 nitrogen and oxygen atoms in total. The first-order chi connectivity index (χ1) is 12.0. The summed E-state index contributed by atoms with van der Waals surface area (Å²) in [6.45, 7) is 7.62. The van der Waals surface area contributed by atoms with Gasteiger partial charge in [0.25, 0.3) is 11.5 Å². The molecule has 0 radical (unpaired) electrons. The Morgan fingerprint density at radius 1 is 1.44 bits per heavy atom. The molecule has 3 heterocycles. The third-order valence-electron chi connectivity index (χ3n) is 3.93. The molecule has 0 saturated heterocycles. The van der Waals surface area contributed by atoms with Gasteiger partial charge in [0.1, 0.15) is 16.8 Å². The molecular weight excluding hydrogens is 318 g/mol. The van der Waals surface area contributed by atoms with Crippen LogP contribution in [0.2, 0.25) is 0 Å². The fourth-order valence-corrected chi connectivity index (χ4v) is 2.79. The molecule has 0 aliphatic heterocycles. The molecule has 25 heavy (non-hydrogen) atoms. The van der Waals surface area contributed by atoms with E-state index in [1.807, 2.05) is 13.8 Å². The molecule has 0 fully saturated rings. The van der Waals surface area contributed by atoms with Crippen molar-refractivity contribution in [2.45, 2.75) is 19.9 Å². The van der Waals surface area contributed by atoms with Crippen LogP contribution in [0.25, 0.3) is 16.7 Å². The predicted molar refractivity (Wildman–Crippen MR) is 95.7 cm³/mol. The van der Waals surface area contributed by atoms with E-state index in [0.717, 1.165) is 0 Å². The van der Waals surface area contributed by atoms with Crippen LogP contribution >= 0.6 is 0 Å². The van der Waals surface area contributed by atoms with Crippen molar-refractivity contribution in [3.8, 4) is 0 Å². The first-order valence-corrected chi connectivity index (χ1v) is 7.96. The van der Waals surface area contributed by atoms with E-state index >= 15 is 0 Å². The summed E-state index contributed by atoms with van der Waals surface area (Å²) in [5, 5.41) is 11.4. The van der Waals surface area contributed by atoms with Crippen molar-refractivity contribution in [3.05, 3.63) is 64.5 Å². The van der Waals surface area contributed by atoms with Gasteiger partial charge in [-0.1, -0.05) is 12.1 Å². The van der Waals surface area contributed by atoms with Gasteiger partial charge in [-0.15, -0.1) is 6.58 Å². The number of hydrogen-bond acceptors (Lipinski definition) is 4. The van der Waals surface area contributed by atoms with Crippen LogP contribution in [0.5, 0.6) is 0 Å².